The second-order valence-corrected chi connectivity index (χ2v) is 14.4. The molecule has 0 aliphatic heterocycles. The van der Waals surface area contributed by atoms with Crippen molar-refractivity contribution in [1.82, 2.24) is 0 Å². The Morgan fingerprint density at radius 3 is 2.33 bits per heavy atom. The predicted octanol–water partition coefficient (Wildman–Crippen LogP) is 3.18. The van der Waals surface area contributed by atoms with Crippen LogP contribution in [0.5, 0.6) is 0 Å². The monoisotopic (exact) mass is 532 g/mol. The van der Waals surface area contributed by atoms with Crippen molar-refractivity contribution >= 4 is 10.4 Å². The average Bonchev–Trinajstić information content (AvgIpc) is 3.15. The first kappa shape index (κ1) is 28.7. The molecule has 5 N–H and O–H groups in total. The van der Waals surface area contributed by atoms with Crippen LogP contribution in [0.2, 0.25) is 0 Å². The molecule has 0 amide bonds. The van der Waals surface area contributed by atoms with Crippen LogP contribution in [0.3, 0.4) is 0 Å². The second-order valence-electron chi connectivity index (χ2n) is 13.3. The van der Waals surface area contributed by atoms with Crippen LogP contribution < -0.4 is 0 Å². The van der Waals surface area contributed by atoms with E-state index in [0.717, 1.165) is 44.9 Å². The highest BCUT2D eigenvalue weighted by Crippen LogP contribution is 2.68. The maximum atomic E-state index is 11.7. The summed E-state index contributed by atoms with van der Waals surface area (Å²) in [6, 6.07) is 0. The molecule has 210 valence electrons. The summed E-state index contributed by atoms with van der Waals surface area (Å²) in [5, 5.41) is 43.9. The van der Waals surface area contributed by atoms with Gasteiger partial charge in [0, 0.05) is 5.92 Å². The largest absolute Gasteiger partial charge is 0.397 e. The fraction of sp³-hybridized carbons (Fsp3) is 1.00. The molecular weight excluding hydrogens is 484 g/mol. The van der Waals surface area contributed by atoms with Crippen molar-refractivity contribution < 1.29 is 37.6 Å². The summed E-state index contributed by atoms with van der Waals surface area (Å²) in [6.45, 7) is 8.17. The van der Waals surface area contributed by atoms with E-state index in [1.165, 1.54) is 0 Å². The maximum absolute atomic E-state index is 11.7. The van der Waals surface area contributed by atoms with E-state index in [4.69, 9.17) is 4.55 Å². The highest BCUT2D eigenvalue weighted by molar-refractivity contribution is 7.80. The Kier molecular flexibility index (Phi) is 8.26. The van der Waals surface area contributed by atoms with Gasteiger partial charge in [-0.3, -0.25) is 4.55 Å². The summed E-state index contributed by atoms with van der Waals surface area (Å²) in [5.74, 6) is 1.10. The van der Waals surface area contributed by atoms with Crippen LogP contribution >= 0.6 is 0 Å². The van der Waals surface area contributed by atoms with E-state index in [1.54, 1.807) is 6.92 Å². The normalized spacial score (nSPS) is 47.4. The maximum Gasteiger partial charge on any atom is 0.397 e. The molecule has 4 saturated carbocycles. The first-order valence-electron chi connectivity index (χ1n) is 14.0. The van der Waals surface area contributed by atoms with Crippen molar-refractivity contribution in [1.29, 1.82) is 0 Å². The molecule has 4 fully saturated rings. The molecule has 0 heterocycles. The van der Waals surface area contributed by atoms with Crippen LogP contribution in [0.25, 0.3) is 0 Å². The van der Waals surface area contributed by atoms with E-state index < -0.39 is 34.6 Å². The highest BCUT2D eigenvalue weighted by atomic mass is 32.3. The van der Waals surface area contributed by atoms with Gasteiger partial charge >= 0.3 is 10.4 Å². The lowest BCUT2D eigenvalue weighted by Crippen LogP contribution is -2.62. The van der Waals surface area contributed by atoms with Crippen LogP contribution in [0.1, 0.15) is 85.5 Å². The van der Waals surface area contributed by atoms with E-state index in [9.17, 15) is 28.8 Å². The minimum Gasteiger partial charge on any atom is -0.393 e. The van der Waals surface area contributed by atoms with Gasteiger partial charge in [0.2, 0.25) is 0 Å². The zero-order chi connectivity index (χ0) is 26.6. The molecule has 0 bridgehead atoms. The quantitative estimate of drug-likeness (QED) is 0.300. The summed E-state index contributed by atoms with van der Waals surface area (Å²) in [5.41, 5.74) is -0.233. The number of aliphatic hydroxyl groups excluding tert-OH is 4. The van der Waals surface area contributed by atoms with E-state index in [-0.39, 0.29) is 53.1 Å². The molecular formula is C27H48O8S. The van der Waals surface area contributed by atoms with Crippen LogP contribution in [0.4, 0.5) is 0 Å². The van der Waals surface area contributed by atoms with Gasteiger partial charge in [0.1, 0.15) is 0 Å². The van der Waals surface area contributed by atoms with Gasteiger partial charge in [-0.05, 0) is 104 Å². The van der Waals surface area contributed by atoms with Gasteiger partial charge in [0.25, 0.3) is 0 Å². The molecule has 0 aromatic rings. The summed E-state index contributed by atoms with van der Waals surface area (Å²) in [6.07, 6.45) is 5.31. The molecule has 0 radical (unpaired) electrons. The Morgan fingerprint density at radius 1 is 0.972 bits per heavy atom. The topological polar surface area (TPSA) is 145 Å². The SMILES string of the molecule is C[C@H](COS(=O)(=O)O)[C@H](O)CC[C@@H](C)[C@H]1CC[C@H]2[C@@H]3[C@H](O)C[C@@H]4C[C@H](O)CC[C@]4(C)[C@H]3C[C@H](O)[C@]12C. The van der Waals surface area contributed by atoms with Gasteiger partial charge in [-0.2, -0.15) is 8.42 Å². The first-order chi connectivity index (χ1) is 16.7. The lowest BCUT2D eigenvalue weighted by Gasteiger charge is -2.63. The Labute approximate surface area is 216 Å². The summed E-state index contributed by atoms with van der Waals surface area (Å²) in [7, 11) is -4.53. The second kappa shape index (κ2) is 10.4. The molecule has 0 spiro atoms. The lowest BCUT2D eigenvalue weighted by atomic mass is 9.43. The number of hydrogen-bond acceptors (Lipinski definition) is 7. The van der Waals surface area contributed by atoms with E-state index >= 15 is 0 Å². The molecule has 9 heteroatoms. The first-order valence-corrected chi connectivity index (χ1v) is 15.4. The van der Waals surface area contributed by atoms with Gasteiger partial charge in [-0.25, -0.2) is 4.18 Å². The Bertz CT molecular complexity index is 881. The van der Waals surface area contributed by atoms with Crippen LogP contribution in [0, 0.1) is 52.3 Å². The van der Waals surface area contributed by atoms with E-state index in [2.05, 4.69) is 25.0 Å². The number of fused-ring (bicyclic) bond motifs is 5. The van der Waals surface area contributed by atoms with E-state index in [0.29, 0.717) is 18.8 Å². The van der Waals surface area contributed by atoms with Crippen molar-refractivity contribution in [2.75, 3.05) is 6.61 Å². The molecule has 0 aromatic heterocycles. The Balaban J connectivity index is 1.44. The van der Waals surface area contributed by atoms with Crippen LogP contribution in [0.15, 0.2) is 0 Å². The zero-order valence-corrected chi connectivity index (χ0v) is 23.1. The van der Waals surface area contributed by atoms with Gasteiger partial charge in [0.05, 0.1) is 31.0 Å². The molecule has 0 aromatic carbocycles. The molecule has 4 aliphatic carbocycles. The average molecular weight is 533 g/mol. The number of aliphatic hydroxyl groups is 4. The van der Waals surface area contributed by atoms with Gasteiger partial charge in [-0.1, -0.05) is 27.7 Å². The fourth-order valence-electron chi connectivity index (χ4n) is 9.36. The minimum atomic E-state index is -4.53. The minimum absolute atomic E-state index is 0.0551. The molecule has 8 nitrogen and oxygen atoms in total. The Morgan fingerprint density at radius 2 is 1.67 bits per heavy atom. The molecule has 0 unspecified atom stereocenters. The lowest BCUT2D eigenvalue weighted by molar-refractivity contribution is -0.207. The van der Waals surface area contributed by atoms with Crippen molar-refractivity contribution in [2.45, 2.75) is 110 Å². The van der Waals surface area contributed by atoms with Crippen LogP contribution in [-0.4, -0.2) is 64.4 Å². The third-order valence-electron chi connectivity index (χ3n) is 11.6. The summed E-state index contributed by atoms with van der Waals surface area (Å²) >= 11 is 0. The third kappa shape index (κ3) is 5.15. The molecule has 13 atom stereocenters. The van der Waals surface area contributed by atoms with Crippen molar-refractivity contribution in [2.24, 2.45) is 52.3 Å². The van der Waals surface area contributed by atoms with Crippen molar-refractivity contribution in [3.63, 3.8) is 0 Å². The van der Waals surface area contributed by atoms with Crippen molar-refractivity contribution in [3.05, 3.63) is 0 Å². The number of rotatable bonds is 8. The summed E-state index contributed by atoms with van der Waals surface area (Å²) < 4.78 is 34.9. The van der Waals surface area contributed by atoms with Crippen LogP contribution in [-0.2, 0) is 14.6 Å². The molecule has 4 rings (SSSR count). The van der Waals surface area contributed by atoms with Gasteiger partial charge in [0.15, 0.2) is 0 Å². The third-order valence-corrected chi connectivity index (χ3v) is 12.0. The molecule has 4 aliphatic rings. The predicted molar refractivity (Wildman–Crippen MR) is 135 cm³/mol. The molecule has 0 saturated heterocycles. The molecule has 36 heavy (non-hydrogen) atoms. The van der Waals surface area contributed by atoms with Gasteiger partial charge in [-0.15, -0.1) is 0 Å². The van der Waals surface area contributed by atoms with Crippen molar-refractivity contribution in [3.8, 4) is 0 Å². The highest BCUT2D eigenvalue weighted by Gasteiger charge is 2.65. The van der Waals surface area contributed by atoms with Gasteiger partial charge < -0.3 is 20.4 Å². The number of hydrogen-bond donors (Lipinski definition) is 5. The standard InChI is InChI=1S/C27H48O8S/c1-15(5-8-22(29)16(2)14-35-36(32,33)34)19-6-7-20-25-21(13-24(31)27(19,20)4)26(3)10-9-18(28)11-17(26)12-23(25)30/h15-25,28-31H,5-14H2,1-4H3,(H,32,33,34)/t15-,16-,17+,18-,19-,20+,21+,22-,23-,24+,25+,26+,27-/m1/s1. The van der Waals surface area contributed by atoms with E-state index in [1.807, 2.05) is 0 Å². The fourth-order valence-corrected chi connectivity index (χ4v) is 9.74. The Hall–Kier alpha value is -0.290. The smallest absolute Gasteiger partial charge is 0.393 e. The summed E-state index contributed by atoms with van der Waals surface area (Å²) in [4.78, 5) is 0. The zero-order valence-electron chi connectivity index (χ0n) is 22.3.